The number of nitrogens with one attached hydrogen (secondary N) is 1. The summed E-state index contributed by atoms with van der Waals surface area (Å²) in [5, 5.41) is 11.6. The Hall–Kier alpha value is -1.60. The lowest BCUT2D eigenvalue weighted by Gasteiger charge is -2.15. The molecule has 0 aromatic carbocycles. The molecule has 1 saturated heterocycles. The average molecular weight is 228 g/mol. The van der Waals surface area contributed by atoms with Crippen molar-refractivity contribution >= 4 is 12.0 Å². The second-order valence-electron chi connectivity index (χ2n) is 3.41. The second kappa shape index (κ2) is 4.50. The van der Waals surface area contributed by atoms with Crippen molar-refractivity contribution in [2.75, 3.05) is 25.6 Å². The van der Waals surface area contributed by atoms with Crippen molar-refractivity contribution in [2.24, 2.45) is 0 Å². The van der Waals surface area contributed by atoms with Crippen molar-refractivity contribution in [3.8, 4) is 0 Å². The van der Waals surface area contributed by atoms with Crippen LogP contribution in [0, 0.1) is 0 Å². The number of oxazole rings is 1. The summed E-state index contributed by atoms with van der Waals surface area (Å²) in [5.41, 5.74) is -0.129. The van der Waals surface area contributed by atoms with Crippen LogP contribution >= 0.6 is 0 Å². The van der Waals surface area contributed by atoms with Crippen molar-refractivity contribution in [1.82, 2.24) is 4.98 Å². The molecule has 2 heterocycles. The number of carbonyl (C=O) groups is 1. The minimum Gasteiger partial charge on any atom is -0.476 e. The first-order valence-electron chi connectivity index (χ1n) is 4.76. The van der Waals surface area contributed by atoms with E-state index in [1.807, 2.05) is 0 Å². The van der Waals surface area contributed by atoms with Gasteiger partial charge in [-0.25, -0.2) is 4.79 Å². The topological polar surface area (TPSA) is 93.8 Å². The molecular weight excluding hydrogens is 216 g/mol. The lowest BCUT2D eigenvalue weighted by molar-refractivity contribution is 0.0690. The molecule has 2 atom stereocenters. The zero-order valence-electron chi connectivity index (χ0n) is 8.67. The number of carboxylic acid groups (broad SMARTS) is 1. The Kier molecular flexibility index (Phi) is 3.07. The van der Waals surface area contributed by atoms with Gasteiger partial charge in [-0.1, -0.05) is 0 Å². The number of anilines is 1. The van der Waals surface area contributed by atoms with Gasteiger partial charge in [0.2, 0.25) is 0 Å². The molecular formula is C9H12N2O5. The van der Waals surface area contributed by atoms with Crippen molar-refractivity contribution < 1.29 is 23.8 Å². The standard InChI is InChI=1S/C9H12N2O5/c1-14-7-4-15-2-5(7)10-9-11-6(3-16-9)8(12)13/h3,5,7H,2,4H2,1H3,(H,10,11)(H,12,13)/t5-,7-/m0/s1. The molecule has 0 unspecified atom stereocenters. The Morgan fingerprint density at radius 1 is 1.69 bits per heavy atom. The third-order valence-electron chi connectivity index (χ3n) is 2.36. The first kappa shape index (κ1) is 10.9. The maximum atomic E-state index is 10.6. The van der Waals surface area contributed by atoms with Gasteiger partial charge >= 0.3 is 5.97 Å². The van der Waals surface area contributed by atoms with Crippen molar-refractivity contribution in [1.29, 1.82) is 0 Å². The number of hydrogen-bond acceptors (Lipinski definition) is 6. The largest absolute Gasteiger partial charge is 0.476 e. The minimum absolute atomic E-state index is 0.0784. The van der Waals surface area contributed by atoms with Gasteiger partial charge in [0.25, 0.3) is 6.01 Å². The Bertz CT molecular complexity index is 378. The predicted molar refractivity (Wildman–Crippen MR) is 52.5 cm³/mol. The number of rotatable bonds is 4. The molecule has 1 aromatic heterocycles. The van der Waals surface area contributed by atoms with E-state index < -0.39 is 5.97 Å². The number of hydrogen-bond donors (Lipinski definition) is 2. The third kappa shape index (κ3) is 2.15. The van der Waals surface area contributed by atoms with Gasteiger partial charge in [0.1, 0.15) is 12.4 Å². The van der Waals surface area contributed by atoms with Crippen LogP contribution in [0.1, 0.15) is 10.5 Å². The molecule has 1 aliphatic rings. The fraction of sp³-hybridized carbons (Fsp3) is 0.556. The van der Waals surface area contributed by atoms with E-state index in [0.29, 0.717) is 13.2 Å². The molecule has 2 rings (SSSR count). The summed E-state index contributed by atoms with van der Waals surface area (Å²) in [6, 6.07) is 0.0836. The van der Waals surface area contributed by atoms with Gasteiger partial charge in [-0.05, 0) is 0 Å². The van der Waals surface area contributed by atoms with Gasteiger partial charge in [0.05, 0.1) is 19.3 Å². The fourth-order valence-electron chi connectivity index (χ4n) is 1.50. The molecule has 0 aliphatic carbocycles. The van der Waals surface area contributed by atoms with Crippen LogP contribution in [0.3, 0.4) is 0 Å². The molecule has 7 nitrogen and oxygen atoms in total. The first-order valence-corrected chi connectivity index (χ1v) is 4.76. The number of ether oxygens (including phenoxy) is 2. The van der Waals surface area contributed by atoms with Gasteiger partial charge < -0.3 is 24.3 Å². The molecule has 7 heteroatoms. The highest BCUT2D eigenvalue weighted by Crippen LogP contribution is 2.15. The fourth-order valence-corrected chi connectivity index (χ4v) is 1.50. The van der Waals surface area contributed by atoms with Gasteiger partial charge in [-0.15, -0.1) is 0 Å². The van der Waals surface area contributed by atoms with E-state index in [0.717, 1.165) is 6.26 Å². The van der Waals surface area contributed by atoms with Crippen LogP contribution in [0.25, 0.3) is 0 Å². The average Bonchev–Trinajstić information content (AvgIpc) is 2.87. The molecule has 0 radical (unpaired) electrons. The van der Waals surface area contributed by atoms with E-state index in [1.54, 1.807) is 7.11 Å². The molecule has 1 aliphatic heterocycles. The van der Waals surface area contributed by atoms with Gasteiger partial charge in [-0.3, -0.25) is 0 Å². The molecule has 16 heavy (non-hydrogen) atoms. The highest BCUT2D eigenvalue weighted by atomic mass is 16.5. The molecule has 0 spiro atoms. The Balaban J connectivity index is 2.00. The summed E-state index contributed by atoms with van der Waals surface area (Å²) >= 11 is 0. The maximum absolute atomic E-state index is 10.6. The Morgan fingerprint density at radius 2 is 2.50 bits per heavy atom. The van der Waals surface area contributed by atoms with Gasteiger partial charge in [0, 0.05) is 7.11 Å². The lowest BCUT2D eigenvalue weighted by atomic mass is 10.2. The van der Waals surface area contributed by atoms with Crippen LogP contribution in [0.5, 0.6) is 0 Å². The van der Waals surface area contributed by atoms with Crippen LogP contribution < -0.4 is 5.32 Å². The normalized spacial score (nSPS) is 24.6. The molecule has 1 fully saturated rings. The second-order valence-corrected chi connectivity index (χ2v) is 3.41. The molecule has 0 amide bonds. The van der Waals surface area contributed by atoms with E-state index >= 15 is 0 Å². The zero-order valence-corrected chi connectivity index (χ0v) is 8.67. The quantitative estimate of drug-likeness (QED) is 0.760. The maximum Gasteiger partial charge on any atom is 0.357 e. The monoisotopic (exact) mass is 228 g/mol. The van der Waals surface area contributed by atoms with Crippen LogP contribution in [0.15, 0.2) is 10.7 Å². The highest BCUT2D eigenvalue weighted by molar-refractivity contribution is 5.85. The van der Waals surface area contributed by atoms with Crippen molar-refractivity contribution in [3.05, 3.63) is 12.0 Å². The summed E-state index contributed by atoms with van der Waals surface area (Å²) in [4.78, 5) is 14.3. The van der Waals surface area contributed by atoms with Crippen LogP contribution in [-0.2, 0) is 9.47 Å². The lowest BCUT2D eigenvalue weighted by Crippen LogP contribution is -2.33. The number of nitrogens with zero attached hydrogens (tertiary/aromatic N) is 1. The summed E-state index contributed by atoms with van der Waals surface area (Å²) < 4.78 is 15.4. The molecule has 2 N–H and O–H groups in total. The van der Waals surface area contributed by atoms with Crippen LogP contribution in [-0.4, -0.2) is 48.5 Å². The summed E-state index contributed by atoms with van der Waals surface area (Å²) in [6.45, 7) is 0.976. The van der Waals surface area contributed by atoms with Crippen LogP contribution in [0.2, 0.25) is 0 Å². The van der Waals surface area contributed by atoms with E-state index in [2.05, 4.69) is 10.3 Å². The van der Waals surface area contributed by atoms with Crippen LogP contribution in [0.4, 0.5) is 6.01 Å². The third-order valence-corrected chi connectivity index (χ3v) is 2.36. The van der Waals surface area contributed by atoms with E-state index in [4.69, 9.17) is 19.0 Å². The van der Waals surface area contributed by atoms with E-state index in [-0.39, 0.29) is 23.9 Å². The summed E-state index contributed by atoms with van der Waals surface area (Å²) in [5.74, 6) is -1.12. The zero-order chi connectivity index (χ0) is 11.5. The number of carboxylic acids is 1. The minimum atomic E-state index is -1.12. The summed E-state index contributed by atoms with van der Waals surface area (Å²) in [6.07, 6.45) is 1.00. The first-order chi connectivity index (χ1) is 7.70. The predicted octanol–water partition coefficient (Wildman–Crippen LogP) is 0.199. The number of methoxy groups -OCH3 is 1. The Morgan fingerprint density at radius 3 is 3.12 bits per heavy atom. The smallest absolute Gasteiger partial charge is 0.357 e. The van der Waals surface area contributed by atoms with E-state index in [9.17, 15) is 4.79 Å². The SMILES string of the molecule is CO[C@H]1COC[C@@H]1Nc1nc(C(=O)O)co1. The Labute approximate surface area is 91.4 Å². The van der Waals surface area contributed by atoms with E-state index in [1.165, 1.54) is 0 Å². The van der Waals surface area contributed by atoms with Crippen molar-refractivity contribution in [3.63, 3.8) is 0 Å². The molecule has 0 saturated carbocycles. The summed E-state index contributed by atoms with van der Waals surface area (Å²) in [7, 11) is 1.59. The van der Waals surface area contributed by atoms with Crippen molar-refractivity contribution in [2.45, 2.75) is 12.1 Å². The molecule has 88 valence electrons. The van der Waals surface area contributed by atoms with Gasteiger partial charge in [0.15, 0.2) is 5.69 Å². The van der Waals surface area contributed by atoms with Gasteiger partial charge in [-0.2, -0.15) is 4.98 Å². The number of aromatic nitrogens is 1. The highest BCUT2D eigenvalue weighted by Gasteiger charge is 2.29. The number of aromatic carboxylic acids is 1. The molecule has 1 aromatic rings. The molecule has 0 bridgehead atoms.